The van der Waals surface area contributed by atoms with E-state index in [4.69, 9.17) is 9.47 Å². The highest BCUT2D eigenvalue weighted by molar-refractivity contribution is 5.56. The molecule has 0 unspecified atom stereocenters. The van der Waals surface area contributed by atoms with Crippen molar-refractivity contribution in [2.24, 2.45) is 0 Å². The molecule has 0 bridgehead atoms. The lowest BCUT2D eigenvalue weighted by molar-refractivity contribution is 0.0372. The molecule has 94 valence electrons. The van der Waals surface area contributed by atoms with Gasteiger partial charge in [0, 0.05) is 19.6 Å². The lowest BCUT2D eigenvalue weighted by atomic mass is 10.2. The van der Waals surface area contributed by atoms with Crippen molar-refractivity contribution in [2.45, 2.75) is 13.0 Å². The van der Waals surface area contributed by atoms with E-state index in [2.05, 4.69) is 10.6 Å². The molecule has 1 atom stereocenters. The van der Waals surface area contributed by atoms with E-state index in [9.17, 15) is 0 Å². The van der Waals surface area contributed by atoms with E-state index >= 15 is 0 Å². The Morgan fingerprint density at radius 3 is 3.12 bits per heavy atom. The molecule has 0 aliphatic carbocycles. The highest BCUT2D eigenvalue weighted by Gasteiger charge is 2.13. The maximum Gasteiger partial charge on any atom is 0.142 e. The topological polar surface area (TPSA) is 42.5 Å². The van der Waals surface area contributed by atoms with Crippen molar-refractivity contribution in [1.29, 1.82) is 0 Å². The Hall–Kier alpha value is -1.26. The molecule has 1 aliphatic rings. The molecule has 0 aromatic heterocycles. The number of anilines is 1. The first-order valence-corrected chi connectivity index (χ1v) is 6.18. The van der Waals surface area contributed by atoms with Gasteiger partial charge in [0.1, 0.15) is 5.75 Å². The number of para-hydroxylation sites is 2. The van der Waals surface area contributed by atoms with Gasteiger partial charge in [-0.05, 0) is 19.1 Å². The monoisotopic (exact) mass is 236 g/mol. The van der Waals surface area contributed by atoms with Gasteiger partial charge < -0.3 is 20.1 Å². The Balaban J connectivity index is 1.88. The summed E-state index contributed by atoms with van der Waals surface area (Å²) in [5, 5.41) is 6.69. The van der Waals surface area contributed by atoms with Crippen LogP contribution in [0.2, 0.25) is 0 Å². The molecule has 2 N–H and O–H groups in total. The Labute approximate surface area is 102 Å². The molecule has 4 heteroatoms. The van der Waals surface area contributed by atoms with Crippen molar-refractivity contribution in [3.05, 3.63) is 24.3 Å². The summed E-state index contributed by atoms with van der Waals surface area (Å²) in [4.78, 5) is 0. The quantitative estimate of drug-likeness (QED) is 0.813. The second kappa shape index (κ2) is 6.47. The van der Waals surface area contributed by atoms with Gasteiger partial charge >= 0.3 is 0 Å². The van der Waals surface area contributed by atoms with Crippen LogP contribution in [-0.4, -0.2) is 39.0 Å². The molecular weight excluding hydrogens is 216 g/mol. The molecule has 1 aromatic carbocycles. The van der Waals surface area contributed by atoms with Crippen LogP contribution in [0.25, 0.3) is 0 Å². The van der Waals surface area contributed by atoms with Crippen LogP contribution in [0.3, 0.4) is 0 Å². The van der Waals surface area contributed by atoms with Crippen molar-refractivity contribution in [3.8, 4) is 5.75 Å². The highest BCUT2D eigenvalue weighted by Crippen LogP contribution is 2.23. The van der Waals surface area contributed by atoms with Crippen LogP contribution in [0.1, 0.15) is 6.92 Å². The fraction of sp³-hybridized carbons (Fsp3) is 0.538. The third kappa shape index (κ3) is 3.61. The third-order valence-corrected chi connectivity index (χ3v) is 2.71. The standard InChI is InChI=1S/C13H20N2O2/c1-2-16-13-6-4-3-5-12(13)15-10-11-9-14-7-8-17-11/h3-6,11,14-15H,2,7-10H2,1H3/t11-/m0/s1. The minimum absolute atomic E-state index is 0.235. The SMILES string of the molecule is CCOc1ccccc1NC[C@@H]1CNCCO1. The molecule has 4 nitrogen and oxygen atoms in total. The summed E-state index contributed by atoms with van der Waals surface area (Å²) in [6.45, 7) is 6.12. The van der Waals surface area contributed by atoms with E-state index in [0.29, 0.717) is 6.61 Å². The van der Waals surface area contributed by atoms with Crippen molar-refractivity contribution in [3.63, 3.8) is 0 Å². The van der Waals surface area contributed by atoms with Crippen LogP contribution in [-0.2, 0) is 4.74 Å². The summed E-state index contributed by atoms with van der Waals surface area (Å²) in [7, 11) is 0. The normalized spacial score (nSPS) is 19.9. The second-order valence-corrected chi connectivity index (χ2v) is 4.01. The van der Waals surface area contributed by atoms with Gasteiger partial charge in [0.05, 0.1) is 25.0 Å². The second-order valence-electron chi connectivity index (χ2n) is 4.01. The molecular formula is C13H20N2O2. The minimum atomic E-state index is 0.235. The fourth-order valence-electron chi connectivity index (χ4n) is 1.87. The summed E-state index contributed by atoms with van der Waals surface area (Å²) in [5.41, 5.74) is 1.03. The van der Waals surface area contributed by atoms with Crippen LogP contribution in [0.15, 0.2) is 24.3 Å². The zero-order valence-corrected chi connectivity index (χ0v) is 10.2. The van der Waals surface area contributed by atoms with Gasteiger partial charge in [0.2, 0.25) is 0 Å². The Morgan fingerprint density at radius 2 is 2.35 bits per heavy atom. The number of nitrogens with one attached hydrogen (secondary N) is 2. The molecule has 2 rings (SSSR count). The summed E-state index contributed by atoms with van der Waals surface area (Å²) in [6, 6.07) is 7.99. The first-order valence-electron chi connectivity index (χ1n) is 6.18. The summed E-state index contributed by atoms with van der Waals surface area (Å²) in [5.74, 6) is 0.902. The number of morpholine rings is 1. The van der Waals surface area contributed by atoms with Gasteiger partial charge in [-0.2, -0.15) is 0 Å². The van der Waals surface area contributed by atoms with E-state index in [-0.39, 0.29) is 6.10 Å². The molecule has 1 aromatic rings. The zero-order chi connectivity index (χ0) is 11.9. The lowest BCUT2D eigenvalue weighted by Crippen LogP contribution is -2.42. The van der Waals surface area contributed by atoms with E-state index in [0.717, 1.165) is 37.7 Å². The van der Waals surface area contributed by atoms with Crippen LogP contribution in [0.5, 0.6) is 5.75 Å². The van der Waals surface area contributed by atoms with Gasteiger partial charge in [-0.3, -0.25) is 0 Å². The zero-order valence-electron chi connectivity index (χ0n) is 10.2. The number of hydrogen-bond donors (Lipinski definition) is 2. The first kappa shape index (κ1) is 12.2. The number of hydrogen-bond acceptors (Lipinski definition) is 4. The maximum absolute atomic E-state index is 5.63. The van der Waals surface area contributed by atoms with Crippen LogP contribution in [0, 0.1) is 0 Å². The molecule has 17 heavy (non-hydrogen) atoms. The van der Waals surface area contributed by atoms with Gasteiger partial charge in [-0.15, -0.1) is 0 Å². The molecule has 1 fully saturated rings. The molecule has 1 saturated heterocycles. The van der Waals surface area contributed by atoms with Crippen LogP contribution >= 0.6 is 0 Å². The smallest absolute Gasteiger partial charge is 0.142 e. The predicted molar refractivity (Wildman–Crippen MR) is 68.7 cm³/mol. The third-order valence-electron chi connectivity index (χ3n) is 2.71. The first-order chi connectivity index (χ1) is 8.40. The van der Waals surface area contributed by atoms with Crippen molar-refractivity contribution >= 4 is 5.69 Å². The van der Waals surface area contributed by atoms with Gasteiger partial charge in [0.15, 0.2) is 0 Å². The largest absolute Gasteiger partial charge is 0.492 e. The summed E-state index contributed by atoms with van der Waals surface area (Å²) >= 11 is 0. The Morgan fingerprint density at radius 1 is 1.47 bits per heavy atom. The summed E-state index contributed by atoms with van der Waals surface area (Å²) < 4.78 is 11.2. The van der Waals surface area contributed by atoms with Gasteiger partial charge in [0.25, 0.3) is 0 Å². The molecule has 0 spiro atoms. The average Bonchev–Trinajstić information content (AvgIpc) is 2.39. The Bertz CT molecular complexity index is 338. The number of ether oxygens (including phenoxy) is 2. The lowest BCUT2D eigenvalue weighted by Gasteiger charge is -2.24. The highest BCUT2D eigenvalue weighted by atomic mass is 16.5. The van der Waals surface area contributed by atoms with Crippen molar-refractivity contribution in [2.75, 3.05) is 38.2 Å². The maximum atomic E-state index is 5.63. The van der Waals surface area contributed by atoms with E-state index in [1.54, 1.807) is 0 Å². The van der Waals surface area contributed by atoms with Crippen LogP contribution in [0.4, 0.5) is 5.69 Å². The van der Waals surface area contributed by atoms with Gasteiger partial charge in [-0.1, -0.05) is 12.1 Å². The molecule has 0 amide bonds. The van der Waals surface area contributed by atoms with Gasteiger partial charge in [-0.25, -0.2) is 0 Å². The minimum Gasteiger partial charge on any atom is -0.492 e. The van der Waals surface area contributed by atoms with E-state index in [1.165, 1.54) is 0 Å². The van der Waals surface area contributed by atoms with E-state index < -0.39 is 0 Å². The molecule has 0 saturated carbocycles. The summed E-state index contributed by atoms with van der Waals surface area (Å²) in [6.07, 6.45) is 0.235. The van der Waals surface area contributed by atoms with E-state index in [1.807, 2.05) is 31.2 Å². The number of benzene rings is 1. The average molecular weight is 236 g/mol. The molecule has 1 aliphatic heterocycles. The predicted octanol–water partition coefficient (Wildman–Crippen LogP) is 1.49. The molecule has 1 heterocycles. The van der Waals surface area contributed by atoms with Crippen molar-refractivity contribution in [1.82, 2.24) is 5.32 Å². The number of rotatable bonds is 5. The molecule has 0 radical (unpaired) electrons. The van der Waals surface area contributed by atoms with Crippen molar-refractivity contribution < 1.29 is 9.47 Å². The van der Waals surface area contributed by atoms with Crippen LogP contribution < -0.4 is 15.4 Å². The Kier molecular flexibility index (Phi) is 4.64. The fourth-order valence-corrected chi connectivity index (χ4v) is 1.87.